The summed E-state index contributed by atoms with van der Waals surface area (Å²) in [5.41, 5.74) is 0.803. The molecule has 1 saturated heterocycles. The van der Waals surface area contributed by atoms with E-state index in [9.17, 15) is 9.90 Å². The maximum absolute atomic E-state index is 12.6. The molecule has 0 bridgehead atoms. The van der Waals surface area contributed by atoms with Crippen molar-refractivity contribution in [2.24, 2.45) is 0 Å². The number of nitrogens with zero attached hydrogens (tertiary/aromatic N) is 1. The first-order valence-corrected chi connectivity index (χ1v) is 7.57. The predicted octanol–water partition coefficient (Wildman–Crippen LogP) is 2.89. The topological polar surface area (TPSA) is 40.5 Å². The molecule has 100 valence electrons. The molecule has 3 rings (SSSR count). The van der Waals surface area contributed by atoms with Gasteiger partial charge in [0.15, 0.2) is 0 Å². The van der Waals surface area contributed by atoms with Crippen LogP contribution in [-0.2, 0) is 0 Å². The Labute approximate surface area is 116 Å². The minimum Gasteiger partial charge on any atom is -0.393 e. The predicted molar refractivity (Wildman–Crippen MR) is 77.6 cm³/mol. The zero-order valence-electron chi connectivity index (χ0n) is 10.7. The molecule has 1 N–H and O–H groups in total. The summed E-state index contributed by atoms with van der Waals surface area (Å²) in [5, 5.41) is 12.7. The van der Waals surface area contributed by atoms with E-state index in [0.29, 0.717) is 13.0 Å². The summed E-state index contributed by atoms with van der Waals surface area (Å²) in [6.07, 6.45) is 2.12. The molecule has 0 aliphatic carbocycles. The van der Waals surface area contributed by atoms with Gasteiger partial charge in [0.1, 0.15) is 0 Å². The third kappa shape index (κ3) is 2.51. The lowest BCUT2D eigenvalue weighted by atomic mass is 10.1. The zero-order chi connectivity index (χ0) is 13.2. The molecule has 1 aromatic carbocycles. The monoisotopic (exact) mass is 275 g/mol. The number of thiophene rings is 1. The van der Waals surface area contributed by atoms with E-state index in [2.05, 4.69) is 0 Å². The summed E-state index contributed by atoms with van der Waals surface area (Å²) < 4.78 is 1.15. The highest BCUT2D eigenvalue weighted by Gasteiger charge is 2.22. The average Bonchev–Trinajstić information content (AvgIpc) is 2.74. The largest absolute Gasteiger partial charge is 0.393 e. The molecular formula is C15H17NO2S. The molecule has 0 saturated carbocycles. The zero-order valence-corrected chi connectivity index (χ0v) is 11.5. The van der Waals surface area contributed by atoms with E-state index in [-0.39, 0.29) is 12.0 Å². The van der Waals surface area contributed by atoms with Crippen molar-refractivity contribution in [2.45, 2.75) is 25.4 Å². The van der Waals surface area contributed by atoms with Crippen LogP contribution in [0.2, 0.25) is 0 Å². The maximum Gasteiger partial charge on any atom is 0.255 e. The van der Waals surface area contributed by atoms with Gasteiger partial charge in [-0.2, -0.15) is 0 Å². The first-order valence-electron chi connectivity index (χ1n) is 6.69. The summed E-state index contributed by atoms with van der Waals surface area (Å²) in [7, 11) is 0. The van der Waals surface area contributed by atoms with Gasteiger partial charge < -0.3 is 10.0 Å². The van der Waals surface area contributed by atoms with Crippen LogP contribution in [0.5, 0.6) is 0 Å². The lowest BCUT2D eigenvalue weighted by Gasteiger charge is -2.20. The molecular weight excluding hydrogens is 258 g/mol. The van der Waals surface area contributed by atoms with E-state index in [1.807, 2.05) is 34.5 Å². The third-order valence-electron chi connectivity index (χ3n) is 3.70. The third-order valence-corrected chi connectivity index (χ3v) is 4.66. The van der Waals surface area contributed by atoms with Crippen LogP contribution in [0.25, 0.3) is 10.1 Å². The Bertz CT molecular complexity index is 593. The van der Waals surface area contributed by atoms with E-state index in [4.69, 9.17) is 0 Å². The molecule has 1 atom stereocenters. The fourth-order valence-corrected chi connectivity index (χ4v) is 3.53. The van der Waals surface area contributed by atoms with Gasteiger partial charge in [0.25, 0.3) is 5.91 Å². The van der Waals surface area contributed by atoms with Crippen molar-refractivity contribution < 1.29 is 9.90 Å². The second kappa shape index (κ2) is 5.31. The van der Waals surface area contributed by atoms with Crippen molar-refractivity contribution in [1.82, 2.24) is 4.90 Å². The molecule has 1 aromatic heterocycles. The highest BCUT2D eigenvalue weighted by Crippen LogP contribution is 2.27. The van der Waals surface area contributed by atoms with E-state index in [1.165, 1.54) is 0 Å². The molecule has 2 heterocycles. The van der Waals surface area contributed by atoms with Crippen LogP contribution in [0.4, 0.5) is 0 Å². The van der Waals surface area contributed by atoms with Gasteiger partial charge in [-0.15, -0.1) is 11.3 Å². The molecule has 0 unspecified atom stereocenters. The van der Waals surface area contributed by atoms with Crippen molar-refractivity contribution in [3.05, 3.63) is 35.2 Å². The van der Waals surface area contributed by atoms with Crippen LogP contribution >= 0.6 is 11.3 Å². The minimum atomic E-state index is -0.253. The standard InChI is InChI=1S/C15H17NO2S/c17-11-4-3-8-16(9-7-11)15(18)13-10-19-14-6-2-1-5-12(13)14/h1-2,5-6,10-11,17H,3-4,7-9H2/t11-/m1/s1. The molecule has 19 heavy (non-hydrogen) atoms. The second-order valence-corrected chi connectivity index (χ2v) is 5.93. The normalized spacial score (nSPS) is 20.5. The molecule has 2 aromatic rings. The Morgan fingerprint density at radius 2 is 2.11 bits per heavy atom. The van der Waals surface area contributed by atoms with Crippen molar-refractivity contribution in [1.29, 1.82) is 0 Å². The highest BCUT2D eigenvalue weighted by molar-refractivity contribution is 7.17. The fraction of sp³-hybridized carbons (Fsp3) is 0.400. The van der Waals surface area contributed by atoms with Crippen molar-refractivity contribution in [3.63, 3.8) is 0 Å². The lowest BCUT2D eigenvalue weighted by Crippen LogP contribution is -2.32. The number of hydrogen-bond acceptors (Lipinski definition) is 3. The molecule has 1 amide bonds. The van der Waals surface area contributed by atoms with Gasteiger partial charge in [-0.25, -0.2) is 0 Å². The van der Waals surface area contributed by atoms with Gasteiger partial charge in [-0.3, -0.25) is 4.79 Å². The Hall–Kier alpha value is -1.39. The number of benzene rings is 1. The summed E-state index contributed by atoms with van der Waals surface area (Å²) in [6, 6.07) is 8.02. The first kappa shape index (κ1) is 12.6. The minimum absolute atomic E-state index is 0.103. The Morgan fingerprint density at radius 3 is 3.00 bits per heavy atom. The van der Waals surface area contributed by atoms with E-state index < -0.39 is 0 Å². The van der Waals surface area contributed by atoms with Crippen molar-refractivity contribution >= 4 is 27.3 Å². The van der Waals surface area contributed by atoms with Gasteiger partial charge in [-0.1, -0.05) is 18.2 Å². The van der Waals surface area contributed by atoms with Gasteiger partial charge in [-0.05, 0) is 25.3 Å². The van der Waals surface area contributed by atoms with E-state index in [1.54, 1.807) is 11.3 Å². The first-order chi connectivity index (χ1) is 9.25. The Morgan fingerprint density at radius 1 is 1.26 bits per heavy atom. The van der Waals surface area contributed by atoms with Crippen LogP contribution in [0.1, 0.15) is 29.6 Å². The number of carbonyl (C=O) groups is 1. The smallest absolute Gasteiger partial charge is 0.255 e. The van der Waals surface area contributed by atoms with Crippen LogP contribution in [0, 0.1) is 0 Å². The van der Waals surface area contributed by atoms with Crippen LogP contribution in [-0.4, -0.2) is 35.1 Å². The second-order valence-electron chi connectivity index (χ2n) is 5.02. The van der Waals surface area contributed by atoms with Crippen LogP contribution < -0.4 is 0 Å². The number of amides is 1. The molecule has 1 fully saturated rings. The highest BCUT2D eigenvalue weighted by atomic mass is 32.1. The summed E-state index contributed by atoms with van der Waals surface area (Å²) >= 11 is 1.62. The molecule has 1 aliphatic heterocycles. The maximum atomic E-state index is 12.6. The quantitative estimate of drug-likeness (QED) is 0.869. The Kier molecular flexibility index (Phi) is 3.53. The average molecular weight is 275 g/mol. The van der Waals surface area contributed by atoms with Crippen LogP contribution in [0.15, 0.2) is 29.6 Å². The summed E-state index contributed by atoms with van der Waals surface area (Å²) in [4.78, 5) is 14.5. The molecule has 4 heteroatoms. The van der Waals surface area contributed by atoms with Gasteiger partial charge in [0.05, 0.1) is 11.7 Å². The summed E-state index contributed by atoms with van der Waals surface area (Å²) in [6.45, 7) is 1.41. The van der Waals surface area contributed by atoms with E-state index >= 15 is 0 Å². The number of aliphatic hydroxyl groups is 1. The SMILES string of the molecule is O=C(c1csc2ccccc12)N1CCC[C@@H](O)CC1. The number of fused-ring (bicyclic) bond motifs is 1. The molecule has 0 spiro atoms. The fourth-order valence-electron chi connectivity index (χ4n) is 2.60. The number of hydrogen-bond donors (Lipinski definition) is 1. The Balaban J connectivity index is 1.87. The van der Waals surface area contributed by atoms with Gasteiger partial charge in [0, 0.05) is 28.6 Å². The van der Waals surface area contributed by atoms with Crippen molar-refractivity contribution in [2.75, 3.05) is 13.1 Å². The molecule has 0 radical (unpaired) electrons. The van der Waals surface area contributed by atoms with Gasteiger partial charge in [0.2, 0.25) is 0 Å². The van der Waals surface area contributed by atoms with Crippen LogP contribution in [0.3, 0.4) is 0 Å². The van der Waals surface area contributed by atoms with Gasteiger partial charge >= 0.3 is 0 Å². The molecule has 3 nitrogen and oxygen atoms in total. The number of likely N-dealkylation sites (tertiary alicyclic amines) is 1. The number of carbonyl (C=O) groups excluding carboxylic acids is 1. The van der Waals surface area contributed by atoms with E-state index in [0.717, 1.165) is 35.0 Å². The van der Waals surface area contributed by atoms with Crippen molar-refractivity contribution in [3.8, 4) is 0 Å². The summed E-state index contributed by atoms with van der Waals surface area (Å²) in [5.74, 6) is 0.103. The number of rotatable bonds is 1. The molecule has 1 aliphatic rings. The number of aliphatic hydroxyl groups excluding tert-OH is 1. The lowest BCUT2D eigenvalue weighted by molar-refractivity contribution is 0.0755.